The number of aryl methyl sites for hydroxylation is 1. The smallest absolute Gasteiger partial charge is 0.229 e. The number of hydrogen-bond donors (Lipinski definition) is 2. The van der Waals surface area contributed by atoms with Gasteiger partial charge in [0.25, 0.3) is 0 Å². The number of nitrogens with one attached hydrogen (secondary N) is 2. The maximum atomic E-state index is 12.2. The molecular formula is C22H24BrN5OS. The number of carbonyl (C=O) groups excluding carboxylic acids is 1. The Labute approximate surface area is 188 Å². The molecule has 0 radical (unpaired) electrons. The standard InChI is InChI=1S/C22H24BrN5OS/c1-15-11-20(27-22(24-15)28-9-3-2-4-10-28)25-17-5-7-18(8-6-17)26-21(29)13-19-12-16(23)14-30-19/h5-8,11-12,14H,2-4,9-10,13H2,1H3,(H,26,29)(H,24,25,27). The maximum absolute atomic E-state index is 12.2. The van der Waals surface area contributed by atoms with Gasteiger partial charge in [0, 0.05) is 51.0 Å². The Morgan fingerprint density at radius 1 is 1.10 bits per heavy atom. The van der Waals surface area contributed by atoms with Gasteiger partial charge in [0.2, 0.25) is 11.9 Å². The highest BCUT2D eigenvalue weighted by Crippen LogP contribution is 2.23. The molecule has 4 rings (SSSR count). The van der Waals surface area contributed by atoms with Crippen LogP contribution >= 0.6 is 27.3 Å². The van der Waals surface area contributed by atoms with Crippen LogP contribution in [0.15, 0.2) is 46.3 Å². The number of nitrogens with zero attached hydrogens (tertiary/aromatic N) is 3. The topological polar surface area (TPSA) is 70.2 Å². The van der Waals surface area contributed by atoms with Gasteiger partial charge in [0.1, 0.15) is 5.82 Å². The fourth-order valence-corrected chi connectivity index (χ4v) is 4.90. The molecule has 0 aliphatic carbocycles. The van der Waals surface area contributed by atoms with E-state index in [2.05, 4.69) is 36.4 Å². The molecule has 3 aromatic rings. The molecular weight excluding hydrogens is 462 g/mol. The van der Waals surface area contributed by atoms with Crippen molar-refractivity contribution in [3.8, 4) is 0 Å². The molecule has 30 heavy (non-hydrogen) atoms. The summed E-state index contributed by atoms with van der Waals surface area (Å²) in [6.45, 7) is 4.02. The molecule has 1 aliphatic heterocycles. The first kappa shape index (κ1) is 20.8. The van der Waals surface area contributed by atoms with Gasteiger partial charge in [-0.1, -0.05) is 0 Å². The lowest BCUT2D eigenvalue weighted by Crippen LogP contribution is -2.31. The zero-order chi connectivity index (χ0) is 20.9. The molecule has 3 heterocycles. The second-order valence-corrected chi connectivity index (χ2v) is 9.31. The first-order valence-electron chi connectivity index (χ1n) is 10.1. The number of halogens is 1. The lowest BCUT2D eigenvalue weighted by molar-refractivity contribution is -0.115. The molecule has 6 nitrogen and oxygen atoms in total. The Hall–Kier alpha value is -2.45. The van der Waals surface area contributed by atoms with Crippen molar-refractivity contribution >= 4 is 56.3 Å². The number of thiophene rings is 1. The van der Waals surface area contributed by atoms with Crippen LogP contribution in [0.25, 0.3) is 0 Å². The summed E-state index contributed by atoms with van der Waals surface area (Å²) in [4.78, 5) is 24.8. The van der Waals surface area contributed by atoms with Gasteiger partial charge in [-0.3, -0.25) is 4.79 Å². The molecule has 0 atom stereocenters. The van der Waals surface area contributed by atoms with Gasteiger partial charge in [0.15, 0.2) is 0 Å². The van der Waals surface area contributed by atoms with Gasteiger partial charge >= 0.3 is 0 Å². The third-order valence-corrected chi connectivity index (χ3v) is 6.58. The van der Waals surface area contributed by atoms with Gasteiger partial charge in [-0.25, -0.2) is 4.98 Å². The Morgan fingerprint density at radius 2 is 1.83 bits per heavy atom. The van der Waals surface area contributed by atoms with Gasteiger partial charge < -0.3 is 15.5 Å². The number of benzene rings is 1. The Balaban J connectivity index is 1.38. The highest BCUT2D eigenvalue weighted by atomic mass is 79.9. The van der Waals surface area contributed by atoms with E-state index < -0.39 is 0 Å². The van der Waals surface area contributed by atoms with E-state index in [0.29, 0.717) is 6.42 Å². The average molecular weight is 486 g/mol. The summed E-state index contributed by atoms with van der Waals surface area (Å²) in [5.41, 5.74) is 2.63. The molecule has 1 fully saturated rings. The molecule has 0 spiro atoms. The Kier molecular flexibility index (Phi) is 6.64. The zero-order valence-corrected chi connectivity index (χ0v) is 19.2. The summed E-state index contributed by atoms with van der Waals surface area (Å²) in [6.07, 6.45) is 4.03. The van der Waals surface area contributed by atoms with Gasteiger partial charge in [-0.05, 0) is 72.4 Å². The van der Waals surface area contributed by atoms with Crippen molar-refractivity contribution in [3.05, 3.63) is 56.8 Å². The summed E-state index contributed by atoms with van der Waals surface area (Å²) in [5.74, 6) is 1.55. The van der Waals surface area contributed by atoms with Crippen molar-refractivity contribution in [3.63, 3.8) is 0 Å². The highest BCUT2D eigenvalue weighted by Gasteiger charge is 2.15. The minimum Gasteiger partial charge on any atom is -0.341 e. The molecule has 2 aromatic heterocycles. The second-order valence-electron chi connectivity index (χ2n) is 7.40. The number of piperidine rings is 1. The number of rotatable bonds is 6. The molecule has 1 aliphatic rings. The van der Waals surface area contributed by atoms with E-state index in [4.69, 9.17) is 4.98 Å². The molecule has 1 saturated heterocycles. The van der Waals surface area contributed by atoms with Crippen LogP contribution in [0.1, 0.15) is 29.8 Å². The van der Waals surface area contributed by atoms with Gasteiger partial charge in [-0.15, -0.1) is 11.3 Å². The third-order valence-electron chi connectivity index (χ3n) is 4.88. The van der Waals surface area contributed by atoms with Crippen molar-refractivity contribution in [1.29, 1.82) is 0 Å². The summed E-state index contributed by atoms with van der Waals surface area (Å²) < 4.78 is 1.01. The van der Waals surface area contributed by atoms with E-state index in [-0.39, 0.29) is 5.91 Å². The lowest BCUT2D eigenvalue weighted by atomic mass is 10.1. The zero-order valence-electron chi connectivity index (χ0n) is 16.8. The minimum absolute atomic E-state index is 0.0253. The van der Waals surface area contributed by atoms with E-state index >= 15 is 0 Å². The lowest BCUT2D eigenvalue weighted by Gasteiger charge is -2.27. The quantitative estimate of drug-likeness (QED) is 0.480. The van der Waals surface area contributed by atoms with Gasteiger partial charge in [-0.2, -0.15) is 4.98 Å². The van der Waals surface area contributed by atoms with Crippen LogP contribution in [-0.4, -0.2) is 29.0 Å². The fraction of sp³-hybridized carbons (Fsp3) is 0.318. The van der Waals surface area contributed by atoms with Crippen LogP contribution in [0.2, 0.25) is 0 Å². The first-order valence-corrected chi connectivity index (χ1v) is 11.7. The molecule has 2 N–H and O–H groups in total. The Bertz CT molecular complexity index is 1010. The van der Waals surface area contributed by atoms with Crippen LogP contribution in [0.4, 0.5) is 23.1 Å². The minimum atomic E-state index is -0.0253. The van der Waals surface area contributed by atoms with Crippen molar-refractivity contribution in [2.75, 3.05) is 28.6 Å². The van der Waals surface area contributed by atoms with E-state index in [1.54, 1.807) is 11.3 Å². The van der Waals surface area contributed by atoms with Crippen LogP contribution < -0.4 is 15.5 Å². The average Bonchev–Trinajstić information content (AvgIpc) is 3.14. The van der Waals surface area contributed by atoms with Crippen LogP contribution in [-0.2, 0) is 11.2 Å². The first-order chi connectivity index (χ1) is 14.5. The largest absolute Gasteiger partial charge is 0.341 e. The van der Waals surface area contributed by atoms with Crippen molar-refractivity contribution < 1.29 is 4.79 Å². The number of hydrogen-bond acceptors (Lipinski definition) is 6. The number of carbonyl (C=O) groups is 1. The molecule has 0 bridgehead atoms. The SMILES string of the molecule is Cc1cc(Nc2ccc(NC(=O)Cc3cc(Br)cs3)cc2)nc(N2CCCCC2)n1. The molecule has 156 valence electrons. The molecule has 1 aromatic carbocycles. The van der Waals surface area contributed by atoms with E-state index in [1.807, 2.05) is 48.7 Å². The van der Waals surface area contributed by atoms with Crippen LogP contribution in [0.5, 0.6) is 0 Å². The van der Waals surface area contributed by atoms with Crippen molar-refractivity contribution in [1.82, 2.24) is 9.97 Å². The normalized spacial score (nSPS) is 13.9. The van der Waals surface area contributed by atoms with Gasteiger partial charge in [0.05, 0.1) is 6.42 Å². The fourth-order valence-electron chi connectivity index (χ4n) is 3.45. The molecule has 0 unspecified atom stereocenters. The second kappa shape index (κ2) is 9.57. The molecule has 0 saturated carbocycles. The molecule has 1 amide bonds. The summed E-state index contributed by atoms with van der Waals surface area (Å²) >= 11 is 4.99. The van der Waals surface area contributed by atoms with Crippen LogP contribution in [0.3, 0.4) is 0 Å². The third kappa shape index (κ3) is 5.58. The molecule has 8 heteroatoms. The van der Waals surface area contributed by atoms with E-state index in [9.17, 15) is 4.79 Å². The van der Waals surface area contributed by atoms with Crippen LogP contribution in [0, 0.1) is 6.92 Å². The predicted octanol–water partition coefficient (Wildman–Crippen LogP) is 5.52. The maximum Gasteiger partial charge on any atom is 0.229 e. The Morgan fingerprint density at radius 3 is 2.53 bits per heavy atom. The van der Waals surface area contributed by atoms with E-state index in [1.165, 1.54) is 19.3 Å². The number of aromatic nitrogens is 2. The predicted molar refractivity (Wildman–Crippen MR) is 127 cm³/mol. The monoisotopic (exact) mass is 485 g/mol. The number of amides is 1. The summed E-state index contributed by atoms with van der Waals surface area (Å²) in [7, 11) is 0. The highest BCUT2D eigenvalue weighted by molar-refractivity contribution is 9.10. The number of anilines is 4. The van der Waals surface area contributed by atoms with Crippen molar-refractivity contribution in [2.24, 2.45) is 0 Å². The van der Waals surface area contributed by atoms with Crippen molar-refractivity contribution in [2.45, 2.75) is 32.6 Å². The summed E-state index contributed by atoms with van der Waals surface area (Å²) in [5, 5.41) is 8.28. The summed E-state index contributed by atoms with van der Waals surface area (Å²) in [6, 6.07) is 11.6. The van der Waals surface area contributed by atoms with E-state index in [0.717, 1.165) is 51.3 Å².